The predicted octanol–water partition coefficient (Wildman–Crippen LogP) is 4.69. The van der Waals surface area contributed by atoms with Crippen molar-refractivity contribution in [2.24, 2.45) is 0 Å². The molecule has 0 saturated carbocycles. The van der Waals surface area contributed by atoms with Gasteiger partial charge in [-0.25, -0.2) is 4.98 Å². The van der Waals surface area contributed by atoms with Gasteiger partial charge in [0.05, 0.1) is 4.92 Å². The van der Waals surface area contributed by atoms with Crippen molar-refractivity contribution in [1.82, 2.24) is 4.98 Å². The summed E-state index contributed by atoms with van der Waals surface area (Å²) < 4.78 is 0. The maximum atomic E-state index is 10.9. The smallest absolute Gasteiger partial charge is 0.311 e. The first kappa shape index (κ1) is 13.9. The molecule has 0 spiro atoms. The number of halogens is 3. The summed E-state index contributed by atoms with van der Waals surface area (Å²) in [5.41, 5.74) is 0.288. The SMILES string of the molecule is O=[N+]([O-])c1ccc(Cl)nc1Nc1cc(Cl)cc(Cl)c1. The van der Waals surface area contributed by atoms with E-state index >= 15 is 0 Å². The Morgan fingerprint density at radius 2 is 1.74 bits per heavy atom. The van der Waals surface area contributed by atoms with Crippen LogP contribution in [-0.4, -0.2) is 9.91 Å². The van der Waals surface area contributed by atoms with E-state index in [2.05, 4.69) is 10.3 Å². The topological polar surface area (TPSA) is 68.1 Å². The van der Waals surface area contributed by atoms with E-state index in [1.807, 2.05) is 0 Å². The highest BCUT2D eigenvalue weighted by Crippen LogP contribution is 2.29. The van der Waals surface area contributed by atoms with Gasteiger partial charge in [-0.3, -0.25) is 10.1 Å². The third-order valence-corrected chi connectivity index (χ3v) is 2.81. The van der Waals surface area contributed by atoms with E-state index in [9.17, 15) is 10.1 Å². The molecule has 98 valence electrons. The first-order valence-electron chi connectivity index (χ1n) is 5.00. The predicted molar refractivity (Wildman–Crippen MR) is 75.6 cm³/mol. The Labute approximate surface area is 123 Å². The number of pyridine rings is 1. The Hall–Kier alpha value is -1.56. The summed E-state index contributed by atoms with van der Waals surface area (Å²) in [4.78, 5) is 14.2. The molecule has 2 rings (SSSR count). The van der Waals surface area contributed by atoms with Crippen LogP contribution in [0.1, 0.15) is 0 Å². The standard InChI is InChI=1S/C11H6Cl3N3O2/c12-6-3-7(13)5-8(4-6)15-11-9(17(18)19)1-2-10(14)16-11/h1-5H,(H,15,16). The van der Waals surface area contributed by atoms with E-state index in [4.69, 9.17) is 34.8 Å². The Kier molecular flexibility index (Phi) is 4.09. The van der Waals surface area contributed by atoms with Gasteiger partial charge in [0.2, 0.25) is 5.82 Å². The van der Waals surface area contributed by atoms with Crippen LogP contribution >= 0.6 is 34.8 Å². The monoisotopic (exact) mass is 317 g/mol. The molecule has 0 unspecified atom stereocenters. The molecule has 0 atom stereocenters. The van der Waals surface area contributed by atoms with Crippen LogP contribution in [0.3, 0.4) is 0 Å². The molecule has 5 nitrogen and oxygen atoms in total. The summed E-state index contributed by atoms with van der Waals surface area (Å²) in [5, 5.41) is 14.6. The van der Waals surface area contributed by atoms with Gasteiger partial charge in [-0.05, 0) is 24.3 Å². The number of rotatable bonds is 3. The molecule has 1 aromatic carbocycles. The molecule has 2 aromatic rings. The van der Waals surface area contributed by atoms with E-state index < -0.39 is 4.92 Å². The Bertz CT molecular complexity index is 629. The molecule has 0 aliphatic carbocycles. The lowest BCUT2D eigenvalue weighted by atomic mass is 10.3. The molecule has 1 aromatic heterocycles. The lowest BCUT2D eigenvalue weighted by Gasteiger charge is -2.07. The van der Waals surface area contributed by atoms with Gasteiger partial charge in [-0.1, -0.05) is 34.8 Å². The summed E-state index contributed by atoms with van der Waals surface area (Å²) in [6.45, 7) is 0. The minimum absolute atomic E-state index is 0.0239. The first-order chi connectivity index (χ1) is 8.95. The lowest BCUT2D eigenvalue weighted by Crippen LogP contribution is -1.99. The Balaban J connectivity index is 2.42. The molecular formula is C11H6Cl3N3O2. The third-order valence-electron chi connectivity index (χ3n) is 2.16. The average molecular weight is 319 g/mol. The first-order valence-corrected chi connectivity index (χ1v) is 6.13. The minimum atomic E-state index is -0.558. The number of hydrogen-bond donors (Lipinski definition) is 1. The van der Waals surface area contributed by atoms with Crippen LogP contribution in [0.15, 0.2) is 30.3 Å². The van der Waals surface area contributed by atoms with E-state index in [0.29, 0.717) is 15.7 Å². The maximum Gasteiger partial charge on any atom is 0.311 e. The van der Waals surface area contributed by atoms with Crippen LogP contribution in [0.2, 0.25) is 15.2 Å². The quantitative estimate of drug-likeness (QED) is 0.506. The van der Waals surface area contributed by atoms with Gasteiger partial charge in [0.1, 0.15) is 5.15 Å². The van der Waals surface area contributed by atoms with Crippen molar-refractivity contribution >= 4 is 52.0 Å². The molecule has 0 saturated heterocycles. The molecule has 1 N–H and O–H groups in total. The minimum Gasteiger partial charge on any atom is -0.334 e. The van der Waals surface area contributed by atoms with E-state index in [1.165, 1.54) is 12.1 Å². The average Bonchev–Trinajstić information content (AvgIpc) is 2.26. The van der Waals surface area contributed by atoms with Crippen molar-refractivity contribution in [3.63, 3.8) is 0 Å². The summed E-state index contributed by atoms with van der Waals surface area (Å²) in [5.74, 6) is 0.0239. The van der Waals surface area contributed by atoms with Crippen LogP contribution in [0.5, 0.6) is 0 Å². The molecule has 8 heteroatoms. The summed E-state index contributed by atoms with van der Waals surface area (Å²) >= 11 is 17.4. The van der Waals surface area contributed by atoms with Gasteiger partial charge >= 0.3 is 5.69 Å². The second kappa shape index (κ2) is 5.61. The molecule has 0 bridgehead atoms. The van der Waals surface area contributed by atoms with Crippen molar-refractivity contribution in [3.05, 3.63) is 55.6 Å². The van der Waals surface area contributed by atoms with Crippen molar-refractivity contribution in [2.45, 2.75) is 0 Å². The molecular weight excluding hydrogens is 312 g/mol. The highest BCUT2D eigenvalue weighted by molar-refractivity contribution is 6.35. The number of anilines is 2. The largest absolute Gasteiger partial charge is 0.334 e. The summed E-state index contributed by atoms with van der Waals surface area (Å²) in [7, 11) is 0. The fraction of sp³-hybridized carbons (Fsp3) is 0. The summed E-state index contributed by atoms with van der Waals surface area (Å²) in [6.07, 6.45) is 0. The van der Waals surface area contributed by atoms with Crippen molar-refractivity contribution in [1.29, 1.82) is 0 Å². The van der Waals surface area contributed by atoms with Crippen molar-refractivity contribution < 1.29 is 4.92 Å². The molecule has 0 amide bonds. The molecule has 19 heavy (non-hydrogen) atoms. The van der Waals surface area contributed by atoms with Crippen LogP contribution in [0.4, 0.5) is 17.2 Å². The number of hydrogen-bond acceptors (Lipinski definition) is 4. The van der Waals surface area contributed by atoms with Gasteiger partial charge in [0, 0.05) is 21.8 Å². The van der Waals surface area contributed by atoms with Crippen LogP contribution in [0, 0.1) is 10.1 Å². The zero-order valence-electron chi connectivity index (χ0n) is 9.23. The van der Waals surface area contributed by atoms with Gasteiger partial charge < -0.3 is 5.32 Å². The van der Waals surface area contributed by atoms with Crippen molar-refractivity contribution in [2.75, 3.05) is 5.32 Å². The number of benzene rings is 1. The fourth-order valence-electron chi connectivity index (χ4n) is 1.43. The number of nitro groups is 1. The molecule has 0 aliphatic heterocycles. The van der Waals surface area contributed by atoms with E-state index in [0.717, 1.165) is 0 Å². The number of nitrogens with zero attached hydrogens (tertiary/aromatic N) is 2. The molecule has 0 fully saturated rings. The highest BCUT2D eigenvalue weighted by atomic mass is 35.5. The maximum absolute atomic E-state index is 10.9. The Morgan fingerprint density at radius 1 is 1.11 bits per heavy atom. The third kappa shape index (κ3) is 3.47. The normalized spacial score (nSPS) is 10.3. The van der Waals surface area contributed by atoms with Gasteiger partial charge in [0.25, 0.3) is 0 Å². The Morgan fingerprint density at radius 3 is 2.32 bits per heavy atom. The molecule has 0 aliphatic rings. The number of nitrogens with one attached hydrogen (secondary N) is 1. The number of aromatic nitrogens is 1. The van der Waals surface area contributed by atoms with E-state index in [1.54, 1.807) is 18.2 Å². The van der Waals surface area contributed by atoms with Gasteiger partial charge in [-0.2, -0.15) is 0 Å². The van der Waals surface area contributed by atoms with Crippen LogP contribution < -0.4 is 5.32 Å². The van der Waals surface area contributed by atoms with Crippen LogP contribution in [-0.2, 0) is 0 Å². The second-order valence-corrected chi connectivity index (χ2v) is 4.80. The van der Waals surface area contributed by atoms with Crippen molar-refractivity contribution in [3.8, 4) is 0 Å². The second-order valence-electron chi connectivity index (χ2n) is 3.54. The van der Waals surface area contributed by atoms with Crippen LogP contribution in [0.25, 0.3) is 0 Å². The fourth-order valence-corrected chi connectivity index (χ4v) is 2.10. The molecule has 1 heterocycles. The summed E-state index contributed by atoms with van der Waals surface area (Å²) in [6, 6.07) is 7.30. The van der Waals surface area contributed by atoms with Gasteiger partial charge in [0.15, 0.2) is 0 Å². The van der Waals surface area contributed by atoms with Gasteiger partial charge in [-0.15, -0.1) is 0 Å². The highest BCUT2D eigenvalue weighted by Gasteiger charge is 2.16. The molecule has 0 radical (unpaired) electrons. The zero-order valence-corrected chi connectivity index (χ0v) is 11.5. The van der Waals surface area contributed by atoms with E-state index in [-0.39, 0.29) is 16.7 Å². The lowest BCUT2D eigenvalue weighted by molar-refractivity contribution is -0.384. The zero-order chi connectivity index (χ0) is 14.0.